The summed E-state index contributed by atoms with van der Waals surface area (Å²) in [6, 6.07) is 82.8. The molecule has 1 aliphatic rings. The van der Waals surface area contributed by atoms with Gasteiger partial charge in [-0.3, -0.25) is 0 Å². The van der Waals surface area contributed by atoms with Crippen LogP contribution in [-0.4, -0.2) is 0 Å². The predicted octanol–water partition coefficient (Wildman–Crippen LogP) is 20.1. The van der Waals surface area contributed by atoms with E-state index in [-0.39, 0.29) is 0 Å². The summed E-state index contributed by atoms with van der Waals surface area (Å²) in [5, 5.41) is 13.0. The molecule has 0 amide bonds. The fraction of sp³-hybridized carbons (Fsp3) is 0.0303. The molecule has 0 N–H and O–H groups in total. The largest absolute Gasteiger partial charge is 0.314 e. The minimum Gasteiger partial charge on any atom is -0.314 e. The van der Waals surface area contributed by atoms with E-state index >= 15 is 0 Å². The SMILES string of the molecule is C1=CCCC(N(c2ccc(-c3cccc4ccccc34)cc2)c2ccc3c(c2)sc2c4sc5cc(N(c6ccccc6)c6ccc(-c7cccc8ccccc78)cc6)ccc5c4c4ccccc4c32)=C1. The highest BCUT2D eigenvalue weighted by Gasteiger charge is 2.23. The number of hydrogen-bond donors (Lipinski definition) is 0. The molecule has 2 nitrogen and oxygen atoms in total. The van der Waals surface area contributed by atoms with Crippen LogP contribution in [0, 0.1) is 0 Å². The first-order valence-electron chi connectivity index (χ1n) is 24.1. The van der Waals surface area contributed by atoms with Gasteiger partial charge in [0.2, 0.25) is 0 Å². The zero-order chi connectivity index (χ0) is 46.1. The summed E-state index contributed by atoms with van der Waals surface area (Å²) in [5.41, 5.74) is 12.0. The molecule has 11 aromatic carbocycles. The lowest BCUT2D eigenvalue weighted by molar-refractivity contribution is 0.918. The zero-order valence-electron chi connectivity index (χ0n) is 38.2. The number of anilines is 5. The standard InChI is InChI=1S/C66H44N2S2/c1-3-19-47(20-4-1)67(49-33-29-45(30-34-49)55-27-13-17-43-15-7-9-23-53(43)55)51-37-39-59-61(41-51)69-65-63(59)57-25-11-12-26-58(57)64-60-40-38-52(42-62(60)70-66(64)65)68(48-21-5-2-6-22-48)50-35-31-46(32-36-50)56-28-14-18-44-16-8-10-24-54(44)56/h1-5,7-21,23-42H,6,22H2. The van der Waals surface area contributed by atoms with Crippen molar-refractivity contribution in [3.63, 3.8) is 0 Å². The van der Waals surface area contributed by atoms with Crippen LogP contribution in [0.25, 0.3) is 94.9 Å². The van der Waals surface area contributed by atoms with Crippen LogP contribution in [0.2, 0.25) is 0 Å². The monoisotopic (exact) mass is 928 g/mol. The van der Waals surface area contributed by atoms with Crippen molar-refractivity contribution in [2.45, 2.75) is 12.8 Å². The highest BCUT2D eigenvalue weighted by molar-refractivity contribution is 7.33. The Hall–Kier alpha value is -8.28. The fourth-order valence-corrected chi connectivity index (χ4v) is 13.7. The molecular weight excluding hydrogens is 885 g/mol. The lowest BCUT2D eigenvalue weighted by Crippen LogP contribution is -2.17. The maximum atomic E-state index is 2.48. The van der Waals surface area contributed by atoms with Gasteiger partial charge in [0, 0.05) is 65.1 Å². The van der Waals surface area contributed by atoms with Crippen molar-refractivity contribution < 1.29 is 0 Å². The second kappa shape index (κ2) is 16.7. The van der Waals surface area contributed by atoms with Crippen LogP contribution in [0.1, 0.15) is 12.8 Å². The van der Waals surface area contributed by atoms with Crippen LogP contribution in [0.5, 0.6) is 0 Å². The summed E-state index contributed by atoms with van der Waals surface area (Å²) >= 11 is 3.87. The van der Waals surface area contributed by atoms with E-state index in [1.807, 2.05) is 22.7 Å². The summed E-state index contributed by atoms with van der Waals surface area (Å²) in [7, 11) is 0. The molecule has 0 saturated heterocycles. The van der Waals surface area contributed by atoms with E-state index in [1.54, 1.807) is 0 Å². The number of nitrogens with zero attached hydrogens (tertiary/aromatic N) is 2. The Morgan fingerprint density at radius 2 is 0.786 bits per heavy atom. The van der Waals surface area contributed by atoms with Gasteiger partial charge < -0.3 is 9.80 Å². The maximum absolute atomic E-state index is 2.48. The van der Waals surface area contributed by atoms with E-state index in [4.69, 9.17) is 0 Å². The minimum absolute atomic E-state index is 0.985. The normalized spacial score (nSPS) is 12.8. The molecule has 0 radical (unpaired) electrons. The van der Waals surface area contributed by atoms with Crippen LogP contribution in [0.4, 0.5) is 28.4 Å². The zero-order valence-corrected chi connectivity index (χ0v) is 39.9. The van der Waals surface area contributed by atoms with Gasteiger partial charge in [-0.2, -0.15) is 0 Å². The van der Waals surface area contributed by atoms with Crippen molar-refractivity contribution in [2.24, 2.45) is 0 Å². The van der Waals surface area contributed by atoms with Gasteiger partial charge in [-0.05, 0) is 134 Å². The van der Waals surface area contributed by atoms with Crippen LogP contribution in [0.3, 0.4) is 0 Å². The molecule has 4 heteroatoms. The quantitative estimate of drug-likeness (QED) is 0.150. The first kappa shape index (κ1) is 40.8. The first-order chi connectivity index (χ1) is 34.7. The van der Waals surface area contributed by atoms with E-state index < -0.39 is 0 Å². The van der Waals surface area contributed by atoms with Gasteiger partial charge in [0.25, 0.3) is 0 Å². The molecule has 0 atom stereocenters. The molecule has 0 spiro atoms. The Bertz CT molecular complexity index is 4220. The van der Waals surface area contributed by atoms with Crippen LogP contribution in [0.15, 0.2) is 248 Å². The molecule has 14 rings (SSSR count). The average Bonchev–Trinajstić information content (AvgIpc) is 4.01. The number of allylic oxidation sites excluding steroid dienone is 4. The third-order valence-corrected chi connectivity index (χ3v) is 16.8. The number of thiophene rings is 2. The van der Waals surface area contributed by atoms with Gasteiger partial charge >= 0.3 is 0 Å². The Kier molecular flexibility index (Phi) is 9.75. The van der Waals surface area contributed by atoms with Crippen molar-refractivity contribution in [3.05, 3.63) is 248 Å². The van der Waals surface area contributed by atoms with E-state index in [2.05, 4.69) is 252 Å². The Morgan fingerprint density at radius 1 is 0.343 bits per heavy atom. The number of benzene rings is 11. The number of fused-ring (bicyclic) bond motifs is 12. The van der Waals surface area contributed by atoms with Crippen molar-refractivity contribution in [2.75, 3.05) is 9.80 Å². The van der Waals surface area contributed by atoms with Crippen molar-refractivity contribution in [1.29, 1.82) is 0 Å². The first-order valence-corrected chi connectivity index (χ1v) is 25.8. The number of para-hydroxylation sites is 1. The van der Waals surface area contributed by atoms with Gasteiger partial charge in [-0.25, -0.2) is 0 Å². The van der Waals surface area contributed by atoms with Crippen molar-refractivity contribution in [1.82, 2.24) is 0 Å². The summed E-state index contributed by atoms with van der Waals surface area (Å²) in [5.74, 6) is 0. The summed E-state index contributed by atoms with van der Waals surface area (Å²) in [6.45, 7) is 0. The van der Waals surface area contributed by atoms with E-state index in [0.29, 0.717) is 0 Å². The molecule has 0 unspecified atom stereocenters. The molecule has 0 fully saturated rings. The molecule has 330 valence electrons. The molecule has 70 heavy (non-hydrogen) atoms. The smallest absolute Gasteiger partial charge is 0.0540 e. The van der Waals surface area contributed by atoms with Crippen molar-refractivity contribution in [3.8, 4) is 22.3 Å². The lowest BCUT2D eigenvalue weighted by Gasteiger charge is -2.29. The third kappa shape index (κ3) is 6.75. The van der Waals surface area contributed by atoms with E-state index in [0.717, 1.165) is 29.9 Å². The summed E-state index contributed by atoms with van der Waals surface area (Å²) < 4.78 is 5.30. The van der Waals surface area contributed by atoms with Gasteiger partial charge in [0.05, 0.1) is 9.40 Å². The number of rotatable bonds is 8. The fourth-order valence-electron chi connectivity index (χ4n) is 11.0. The summed E-state index contributed by atoms with van der Waals surface area (Å²) in [6.07, 6.45) is 8.79. The minimum atomic E-state index is 0.985. The number of hydrogen-bond acceptors (Lipinski definition) is 4. The van der Waals surface area contributed by atoms with Crippen LogP contribution >= 0.6 is 22.7 Å². The lowest BCUT2D eigenvalue weighted by atomic mass is 9.97. The molecule has 2 heterocycles. The average molecular weight is 929 g/mol. The molecule has 0 saturated carbocycles. The van der Waals surface area contributed by atoms with Gasteiger partial charge in [0.1, 0.15) is 0 Å². The van der Waals surface area contributed by atoms with Gasteiger partial charge in [0.15, 0.2) is 0 Å². The molecule has 0 bridgehead atoms. The van der Waals surface area contributed by atoms with E-state index in [9.17, 15) is 0 Å². The Labute approximate surface area is 414 Å². The highest BCUT2D eigenvalue weighted by Crippen LogP contribution is 2.51. The summed E-state index contributed by atoms with van der Waals surface area (Å²) in [4.78, 5) is 4.87. The molecule has 2 aromatic heterocycles. The topological polar surface area (TPSA) is 6.48 Å². The predicted molar refractivity (Wildman–Crippen MR) is 305 cm³/mol. The Balaban J connectivity index is 0.889. The second-order valence-electron chi connectivity index (χ2n) is 18.3. The second-order valence-corrected chi connectivity index (χ2v) is 20.4. The van der Waals surface area contributed by atoms with Gasteiger partial charge in [-0.15, -0.1) is 22.7 Å². The van der Waals surface area contributed by atoms with Gasteiger partial charge in [-0.1, -0.05) is 176 Å². The molecular formula is C66H44N2S2. The van der Waals surface area contributed by atoms with Crippen LogP contribution in [-0.2, 0) is 0 Å². The maximum Gasteiger partial charge on any atom is 0.0540 e. The van der Waals surface area contributed by atoms with Crippen molar-refractivity contribution >= 4 is 124 Å². The third-order valence-electron chi connectivity index (χ3n) is 14.3. The van der Waals surface area contributed by atoms with E-state index in [1.165, 1.54) is 112 Å². The van der Waals surface area contributed by atoms with Crippen LogP contribution < -0.4 is 9.80 Å². The molecule has 0 aliphatic heterocycles. The molecule has 13 aromatic rings. The molecule has 1 aliphatic carbocycles. The highest BCUT2D eigenvalue weighted by atomic mass is 32.1. The Morgan fingerprint density at radius 3 is 1.31 bits per heavy atom.